The summed E-state index contributed by atoms with van der Waals surface area (Å²) in [6, 6.07) is 0. The third-order valence-corrected chi connectivity index (χ3v) is 5.27. The van der Waals surface area contributed by atoms with E-state index in [9.17, 15) is 14.7 Å². The zero-order chi connectivity index (χ0) is 12.8. The van der Waals surface area contributed by atoms with E-state index >= 15 is 0 Å². The lowest BCUT2D eigenvalue weighted by Gasteiger charge is -2.51. The molecule has 1 spiro atoms. The summed E-state index contributed by atoms with van der Waals surface area (Å²) < 4.78 is 0. The predicted octanol–water partition coefficient (Wildman–Crippen LogP) is 1.61. The van der Waals surface area contributed by atoms with Crippen LogP contribution in [-0.4, -0.2) is 34.0 Å². The Morgan fingerprint density at radius 1 is 0.944 bits per heavy atom. The van der Waals surface area contributed by atoms with E-state index in [1.807, 2.05) is 0 Å². The minimum atomic E-state index is -0.547. The zero-order valence-electron chi connectivity index (χ0n) is 10.8. The Kier molecular flexibility index (Phi) is 2.73. The number of piperidine rings is 1. The number of rotatable bonds is 2. The Morgan fingerprint density at radius 2 is 1.50 bits per heavy atom. The van der Waals surface area contributed by atoms with Gasteiger partial charge in [-0.05, 0) is 37.5 Å². The molecule has 100 valence electrons. The Morgan fingerprint density at radius 3 is 1.89 bits per heavy atom. The molecule has 2 saturated carbocycles. The van der Waals surface area contributed by atoms with Gasteiger partial charge in [-0.15, -0.1) is 0 Å². The molecule has 3 aliphatic rings. The molecule has 2 amide bonds. The van der Waals surface area contributed by atoms with Crippen LogP contribution in [0.2, 0.25) is 0 Å². The Labute approximate surface area is 107 Å². The highest BCUT2D eigenvalue weighted by Gasteiger charge is 2.53. The monoisotopic (exact) mass is 251 g/mol. The van der Waals surface area contributed by atoms with Gasteiger partial charge in [0.1, 0.15) is 0 Å². The van der Waals surface area contributed by atoms with Gasteiger partial charge < -0.3 is 5.11 Å². The molecule has 0 bridgehead atoms. The summed E-state index contributed by atoms with van der Waals surface area (Å²) in [7, 11) is 0. The lowest BCUT2D eigenvalue weighted by atomic mass is 9.70. The maximum Gasteiger partial charge on any atom is 0.230 e. The number of hydrogen-bond donors (Lipinski definition) is 1. The van der Waals surface area contributed by atoms with Crippen molar-refractivity contribution in [2.45, 2.75) is 63.3 Å². The first kappa shape index (κ1) is 12.2. The number of imide groups is 1. The second kappa shape index (κ2) is 4.05. The number of amides is 2. The summed E-state index contributed by atoms with van der Waals surface area (Å²) in [5.74, 6) is -0.0798. The van der Waals surface area contributed by atoms with Crippen LogP contribution in [0.1, 0.15) is 57.8 Å². The molecule has 1 aliphatic heterocycles. The highest BCUT2D eigenvalue weighted by Crippen LogP contribution is 2.50. The van der Waals surface area contributed by atoms with E-state index in [4.69, 9.17) is 0 Å². The molecule has 0 aromatic heterocycles. The van der Waals surface area contributed by atoms with Gasteiger partial charge in [0, 0.05) is 12.8 Å². The lowest BCUT2D eigenvalue weighted by molar-refractivity contribution is -0.168. The maximum absolute atomic E-state index is 12.4. The van der Waals surface area contributed by atoms with Crippen molar-refractivity contribution in [3.05, 3.63) is 0 Å². The molecule has 1 saturated heterocycles. The summed E-state index contributed by atoms with van der Waals surface area (Å²) in [6.07, 6.45) is 7.90. The standard InChI is InChI=1S/C14H21NO3/c16-10-14(6-3-7-14)15-11(17)8-13(9-12(15)18)4-1-2-5-13/h16H,1-10H2. The summed E-state index contributed by atoms with van der Waals surface area (Å²) in [5.41, 5.74) is -0.584. The number of hydrogen-bond acceptors (Lipinski definition) is 3. The molecule has 0 radical (unpaired) electrons. The molecule has 0 aromatic rings. The first-order chi connectivity index (χ1) is 8.61. The second-order valence-corrected chi connectivity index (χ2v) is 6.42. The van der Waals surface area contributed by atoms with Crippen molar-refractivity contribution in [2.75, 3.05) is 6.61 Å². The fourth-order valence-electron chi connectivity index (χ4n) is 4.05. The molecule has 4 heteroatoms. The van der Waals surface area contributed by atoms with Crippen LogP contribution in [0, 0.1) is 5.41 Å². The van der Waals surface area contributed by atoms with Gasteiger partial charge in [0.05, 0.1) is 12.1 Å². The summed E-state index contributed by atoms with van der Waals surface area (Å²) in [5, 5.41) is 9.54. The number of carbonyl (C=O) groups is 2. The van der Waals surface area contributed by atoms with E-state index in [0.717, 1.165) is 44.9 Å². The minimum Gasteiger partial charge on any atom is -0.394 e. The number of likely N-dealkylation sites (tertiary alicyclic amines) is 1. The highest BCUT2D eigenvalue weighted by atomic mass is 16.3. The number of aliphatic hydroxyl groups excluding tert-OH is 1. The van der Waals surface area contributed by atoms with E-state index in [1.165, 1.54) is 4.90 Å². The fourth-order valence-corrected chi connectivity index (χ4v) is 4.05. The van der Waals surface area contributed by atoms with Gasteiger partial charge in [-0.2, -0.15) is 0 Å². The van der Waals surface area contributed by atoms with Crippen molar-refractivity contribution in [1.82, 2.24) is 4.90 Å². The first-order valence-electron chi connectivity index (χ1n) is 7.08. The van der Waals surface area contributed by atoms with Crippen LogP contribution in [0.25, 0.3) is 0 Å². The Balaban J connectivity index is 1.82. The third kappa shape index (κ3) is 1.62. The average molecular weight is 251 g/mol. The number of carbonyl (C=O) groups excluding carboxylic acids is 2. The third-order valence-electron chi connectivity index (χ3n) is 5.27. The van der Waals surface area contributed by atoms with Crippen molar-refractivity contribution in [3.8, 4) is 0 Å². The second-order valence-electron chi connectivity index (χ2n) is 6.42. The van der Waals surface area contributed by atoms with Gasteiger partial charge in [-0.25, -0.2) is 0 Å². The molecule has 0 aromatic carbocycles. The van der Waals surface area contributed by atoms with Crippen LogP contribution in [0.15, 0.2) is 0 Å². The summed E-state index contributed by atoms with van der Waals surface area (Å²) in [6.45, 7) is -0.0719. The van der Waals surface area contributed by atoms with Crippen LogP contribution in [-0.2, 0) is 9.59 Å². The van der Waals surface area contributed by atoms with E-state index in [0.29, 0.717) is 12.8 Å². The molecule has 3 rings (SSSR count). The van der Waals surface area contributed by atoms with E-state index in [-0.39, 0.29) is 23.8 Å². The number of aliphatic hydroxyl groups is 1. The molecular weight excluding hydrogens is 230 g/mol. The topological polar surface area (TPSA) is 57.6 Å². The predicted molar refractivity (Wildman–Crippen MR) is 65.7 cm³/mol. The first-order valence-corrected chi connectivity index (χ1v) is 7.08. The maximum atomic E-state index is 12.4. The molecule has 2 aliphatic carbocycles. The molecule has 0 atom stereocenters. The van der Waals surface area contributed by atoms with E-state index < -0.39 is 5.54 Å². The lowest BCUT2D eigenvalue weighted by Crippen LogP contribution is -2.63. The van der Waals surface area contributed by atoms with Crippen molar-refractivity contribution >= 4 is 11.8 Å². The normalized spacial score (nSPS) is 29.7. The van der Waals surface area contributed by atoms with Crippen LogP contribution < -0.4 is 0 Å². The number of nitrogens with zero attached hydrogens (tertiary/aromatic N) is 1. The molecule has 1 N–H and O–H groups in total. The SMILES string of the molecule is O=C1CC2(CCCC2)CC(=O)N1C1(CO)CCC1. The Bertz CT molecular complexity index is 355. The van der Waals surface area contributed by atoms with Crippen LogP contribution >= 0.6 is 0 Å². The molecule has 1 heterocycles. The van der Waals surface area contributed by atoms with E-state index in [2.05, 4.69) is 0 Å². The quantitative estimate of drug-likeness (QED) is 0.759. The average Bonchev–Trinajstić information content (AvgIpc) is 2.69. The van der Waals surface area contributed by atoms with Gasteiger partial charge in [0.15, 0.2) is 0 Å². The Hall–Kier alpha value is -0.900. The highest BCUT2D eigenvalue weighted by molar-refractivity contribution is 5.99. The van der Waals surface area contributed by atoms with Gasteiger partial charge in [-0.3, -0.25) is 14.5 Å². The summed E-state index contributed by atoms with van der Waals surface area (Å²) >= 11 is 0. The van der Waals surface area contributed by atoms with Crippen LogP contribution in [0.3, 0.4) is 0 Å². The van der Waals surface area contributed by atoms with Crippen molar-refractivity contribution in [3.63, 3.8) is 0 Å². The summed E-state index contributed by atoms with van der Waals surface area (Å²) in [4.78, 5) is 26.1. The molecule has 0 unspecified atom stereocenters. The van der Waals surface area contributed by atoms with Gasteiger partial charge in [-0.1, -0.05) is 12.8 Å². The molecule has 18 heavy (non-hydrogen) atoms. The molecular formula is C14H21NO3. The van der Waals surface area contributed by atoms with Crippen LogP contribution in [0.5, 0.6) is 0 Å². The minimum absolute atomic E-state index is 0.0366. The largest absolute Gasteiger partial charge is 0.394 e. The molecule has 4 nitrogen and oxygen atoms in total. The van der Waals surface area contributed by atoms with E-state index in [1.54, 1.807) is 0 Å². The van der Waals surface area contributed by atoms with Gasteiger partial charge >= 0.3 is 0 Å². The van der Waals surface area contributed by atoms with Crippen molar-refractivity contribution < 1.29 is 14.7 Å². The molecule has 3 fully saturated rings. The van der Waals surface area contributed by atoms with Gasteiger partial charge in [0.25, 0.3) is 0 Å². The smallest absolute Gasteiger partial charge is 0.230 e. The van der Waals surface area contributed by atoms with Crippen molar-refractivity contribution in [1.29, 1.82) is 0 Å². The zero-order valence-corrected chi connectivity index (χ0v) is 10.8. The van der Waals surface area contributed by atoms with Gasteiger partial charge in [0.2, 0.25) is 11.8 Å². The van der Waals surface area contributed by atoms with Crippen molar-refractivity contribution in [2.24, 2.45) is 5.41 Å². The fraction of sp³-hybridized carbons (Fsp3) is 0.857. The van der Waals surface area contributed by atoms with Crippen LogP contribution in [0.4, 0.5) is 0 Å².